The van der Waals surface area contributed by atoms with Gasteiger partial charge in [0, 0.05) is 18.8 Å². The number of hydrogen-bond acceptors (Lipinski definition) is 5. The van der Waals surface area contributed by atoms with Crippen LogP contribution in [0.2, 0.25) is 0 Å². The Kier molecular flexibility index (Phi) is 8.63. The highest BCUT2D eigenvalue weighted by Gasteiger charge is 2.32. The van der Waals surface area contributed by atoms with Crippen molar-refractivity contribution in [3.05, 3.63) is 65.2 Å². The lowest BCUT2D eigenvalue weighted by Gasteiger charge is -2.31. The summed E-state index contributed by atoms with van der Waals surface area (Å²) in [7, 11) is -3.42. The highest BCUT2D eigenvalue weighted by molar-refractivity contribution is 7.89. The second-order valence-corrected chi connectivity index (χ2v) is 10.4. The van der Waals surface area contributed by atoms with Crippen LogP contribution in [-0.2, 0) is 26.0 Å². The van der Waals surface area contributed by atoms with E-state index < -0.39 is 21.9 Å². The van der Waals surface area contributed by atoms with Gasteiger partial charge in [-0.25, -0.2) is 17.5 Å². The Labute approximate surface area is 196 Å². The SMILES string of the molecule is CCOC(=O)c1ccc(NC(=O)[C@H]2CCCN(S(=O)(=O)CCCc3ccccc3)C2)c(C)c1. The number of piperidine rings is 1. The molecule has 3 rings (SSSR count). The van der Waals surface area contributed by atoms with Crippen molar-refractivity contribution in [3.8, 4) is 0 Å². The topological polar surface area (TPSA) is 92.8 Å². The molecule has 7 nitrogen and oxygen atoms in total. The molecule has 33 heavy (non-hydrogen) atoms. The predicted octanol–water partition coefficient (Wildman–Crippen LogP) is 3.78. The molecule has 0 aliphatic carbocycles. The molecule has 0 unspecified atom stereocenters. The van der Waals surface area contributed by atoms with E-state index in [2.05, 4.69) is 5.32 Å². The van der Waals surface area contributed by atoms with Gasteiger partial charge in [0.15, 0.2) is 0 Å². The van der Waals surface area contributed by atoms with E-state index in [1.165, 1.54) is 4.31 Å². The molecule has 1 heterocycles. The van der Waals surface area contributed by atoms with E-state index >= 15 is 0 Å². The number of anilines is 1. The van der Waals surface area contributed by atoms with Gasteiger partial charge in [0.25, 0.3) is 0 Å². The minimum atomic E-state index is -3.42. The fourth-order valence-electron chi connectivity index (χ4n) is 4.02. The molecule has 0 radical (unpaired) electrons. The minimum Gasteiger partial charge on any atom is -0.462 e. The summed E-state index contributed by atoms with van der Waals surface area (Å²) in [4.78, 5) is 24.8. The molecule has 2 aromatic rings. The third-order valence-electron chi connectivity index (χ3n) is 5.85. The summed E-state index contributed by atoms with van der Waals surface area (Å²) in [5, 5.41) is 2.90. The summed E-state index contributed by atoms with van der Waals surface area (Å²) in [6.45, 7) is 4.49. The molecular formula is C25H32N2O5S. The normalized spacial score (nSPS) is 16.8. The van der Waals surface area contributed by atoms with Gasteiger partial charge in [-0.05, 0) is 68.9 Å². The number of hydrogen-bond donors (Lipinski definition) is 1. The van der Waals surface area contributed by atoms with Crippen molar-refractivity contribution in [1.82, 2.24) is 4.31 Å². The van der Waals surface area contributed by atoms with Gasteiger partial charge >= 0.3 is 5.97 Å². The molecule has 1 fully saturated rings. The van der Waals surface area contributed by atoms with E-state index in [-0.39, 0.29) is 18.2 Å². The Bertz CT molecular complexity index is 1070. The maximum absolute atomic E-state index is 12.9. The van der Waals surface area contributed by atoms with Crippen molar-refractivity contribution in [2.45, 2.75) is 39.5 Å². The average molecular weight is 473 g/mol. The number of carbonyl (C=O) groups excluding carboxylic acids is 2. The molecule has 1 amide bonds. The number of nitrogens with zero attached hydrogens (tertiary/aromatic N) is 1. The fraction of sp³-hybridized carbons (Fsp3) is 0.440. The number of benzene rings is 2. The third-order valence-corrected chi connectivity index (χ3v) is 7.78. The van der Waals surface area contributed by atoms with E-state index in [0.29, 0.717) is 50.1 Å². The van der Waals surface area contributed by atoms with Crippen LogP contribution in [-0.4, -0.2) is 50.0 Å². The van der Waals surface area contributed by atoms with E-state index in [4.69, 9.17) is 4.74 Å². The molecule has 8 heteroatoms. The molecular weight excluding hydrogens is 440 g/mol. The Balaban J connectivity index is 1.57. The van der Waals surface area contributed by atoms with Gasteiger partial charge < -0.3 is 10.1 Å². The van der Waals surface area contributed by atoms with Crippen LogP contribution in [0, 0.1) is 12.8 Å². The number of carbonyl (C=O) groups is 2. The van der Waals surface area contributed by atoms with E-state index in [1.807, 2.05) is 37.3 Å². The molecule has 0 spiro atoms. The van der Waals surface area contributed by atoms with Crippen LogP contribution < -0.4 is 5.32 Å². The molecule has 0 saturated carbocycles. The fourth-order valence-corrected chi connectivity index (χ4v) is 5.60. The van der Waals surface area contributed by atoms with Gasteiger partial charge in [0.2, 0.25) is 15.9 Å². The second kappa shape index (κ2) is 11.4. The van der Waals surface area contributed by atoms with Crippen LogP contribution in [0.25, 0.3) is 0 Å². The molecule has 178 valence electrons. The van der Waals surface area contributed by atoms with Crippen LogP contribution in [0.15, 0.2) is 48.5 Å². The lowest BCUT2D eigenvalue weighted by Crippen LogP contribution is -2.44. The average Bonchev–Trinajstić information content (AvgIpc) is 2.81. The molecule has 0 bridgehead atoms. The first-order valence-corrected chi connectivity index (χ1v) is 13.0. The van der Waals surface area contributed by atoms with Gasteiger partial charge in [0.1, 0.15) is 0 Å². The lowest BCUT2D eigenvalue weighted by molar-refractivity contribution is -0.120. The molecule has 1 aliphatic rings. The Morgan fingerprint density at radius 2 is 1.91 bits per heavy atom. The molecule has 1 aliphatic heterocycles. The molecule has 2 aromatic carbocycles. The number of sulfonamides is 1. The molecule has 1 saturated heterocycles. The summed E-state index contributed by atoms with van der Waals surface area (Å²) < 4.78 is 32.2. The summed E-state index contributed by atoms with van der Waals surface area (Å²) in [5.74, 6) is -0.943. The number of esters is 1. The van der Waals surface area contributed by atoms with Crippen molar-refractivity contribution in [2.75, 3.05) is 30.8 Å². The lowest BCUT2D eigenvalue weighted by atomic mass is 9.98. The second-order valence-electron chi connectivity index (χ2n) is 8.34. The zero-order valence-corrected chi connectivity index (χ0v) is 20.1. The molecule has 0 aromatic heterocycles. The first-order valence-electron chi connectivity index (χ1n) is 11.4. The van der Waals surface area contributed by atoms with Gasteiger partial charge in [-0.1, -0.05) is 30.3 Å². The van der Waals surface area contributed by atoms with Crippen LogP contribution >= 0.6 is 0 Å². The highest BCUT2D eigenvalue weighted by atomic mass is 32.2. The first-order chi connectivity index (χ1) is 15.8. The van der Waals surface area contributed by atoms with Crippen molar-refractivity contribution >= 4 is 27.6 Å². The maximum Gasteiger partial charge on any atom is 0.338 e. The smallest absolute Gasteiger partial charge is 0.338 e. The van der Waals surface area contributed by atoms with Crippen molar-refractivity contribution in [2.24, 2.45) is 5.92 Å². The summed E-state index contributed by atoms with van der Waals surface area (Å²) in [6, 6.07) is 14.8. The number of rotatable bonds is 9. The molecule has 1 atom stereocenters. The minimum absolute atomic E-state index is 0.0741. The predicted molar refractivity (Wildman–Crippen MR) is 129 cm³/mol. The van der Waals surface area contributed by atoms with Crippen LogP contribution in [0.1, 0.15) is 47.7 Å². The van der Waals surface area contributed by atoms with Gasteiger partial charge in [-0.3, -0.25) is 4.79 Å². The number of amides is 1. The number of ether oxygens (including phenoxy) is 1. The van der Waals surface area contributed by atoms with Gasteiger partial charge in [-0.15, -0.1) is 0 Å². The Morgan fingerprint density at radius 1 is 1.15 bits per heavy atom. The van der Waals surface area contributed by atoms with Gasteiger partial charge in [0.05, 0.1) is 23.8 Å². The van der Waals surface area contributed by atoms with Crippen LogP contribution in [0.3, 0.4) is 0 Å². The molecule has 1 N–H and O–H groups in total. The standard InChI is InChI=1S/C25H32N2O5S/c1-3-32-25(29)21-13-14-23(19(2)17-21)26-24(28)22-12-7-15-27(18-22)33(30,31)16-8-11-20-9-5-4-6-10-20/h4-6,9-10,13-14,17,22H,3,7-8,11-12,15-16,18H2,1-2H3,(H,26,28)/t22-/m0/s1. The van der Waals surface area contributed by atoms with Gasteiger partial charge in [-0.2, -0.15) is 0 Å². The largest absolute Gasteiger partial charge is 0.462 e. The summed E-state index contributed by atoms with van der Waals surface area (Å²) >= 11 is 0. The number of aryl methyl sites for hydroxylation is 2. The van der Waals surface area contributed by atoms with E-state index in [9.17, 15) is 18.0 Å². The zero-order chi connectivity index (χ0) is 23.8. The maximum atomic E-state index is 12.9. The highest BCUT2D eigenvalue weighted by Crippen LogP contribution is 2.24. The van der Waals surface area contributed by atoms with Crippen molar-refractivity contribution in [3.63, 3.8) is 0 Å². The van der Waals surface area contributed by atoms with Crippen LogP contribution in [0.5, 0.6) is 0 Å². The quantitative estimate of drug-likeness (QED) is 0.561. The first kappa shape index (κ1) is 24.9. The van der Waals surface area contributed by atoms with E-state index in [1.54, 1.807) is 25.1 Å². The third kappa shape index (κ3) is 6.88. The zero-order valence-electron chi connectivity index (χ0n) is 19.2. The van der Waals surface area contributed by atoms with Crippen molar-refractivity contribution in [1.29, 1.82) is 0 Å². The van der Waals surface area contributed by atoms with E-state index in [0.717, 1.165) is 11.1 Å². The van der Waals surface area contributed by atoms with Crippen LogP contribution in [0.4, 0.5) is 5.69 Å². The Morgan fingerprint density at radius 3 is 2.61 bits per heavy atom. The summed E-state index contributed by atoms with van der Waals surface area (Å²) in [5.41, 5.74) is 2.90. The summed E-state index contributed by atoms with van der Waals surface area (Å²) in [6.07, 6.45) is 2.54. The van der Waals surface area contributed by atoms with Crippen molar-refractivity contribution < 1.29 is 22.7 Å². The Hall–Kier alpha value is -2.71. The monoisotopic (exact) mass is 472 g/mol. The number of nitrogens with one attached hydrogen (secondary N) is 1.